The number of rotatable bonds is 2. The molecule has 0 aliphatic heterocycles. The number of carbonyl (C=O) groups is 1. The van der Waals surface area contributed by atoms with Gasteiger partial charge in [0.25, 0.3) is 0 Å². The summed E-state index contributed by atoms with van der Waals surface area (Å²) < 4.78 is 13.2. The van der Waals surface area contributed by atoms with Gasteiger partial charge in [0.2, 0.25) is 0 Å². The monoisotopic (exact) mass is 200 g/mol. The Kier molecular flexibility index (Phi) is 3.04. The van der Waals surface area contributed by atoms with Crippen molar-refractivity contribution in [1.82, 2.24) is 0 Å². The Hall–Kier alpha value is -0.890. The van der Waals surface area contributed by atoms with E-state index in [1.54, 1.807) is 13.0 Å². The first-order valence-corrected chi connectivity index (χ1v) is 4.33. The fraction of sp³-hybridized carbons (Fsp3) is 0.300. The minimum absolute atomic E-state index is 0.0619. The zero-order chi connectivity index (χ0) is 10.0. The molecule has 0 radical (unpaired) electrons. The summed E-state index contributed by atoms with van der Waals surface area (Å²) in [6, 6.07) is 2.93. The van der Waals surface area contributed by atoms with Gasteiger partial charge in [-0.3, -0.25) is 4.79 Å². The summed E-state index contributed by atoms with van der Waals surface area (Å²) in [5, 5.41) is 0.357. The molecule has 0 heterocycles. The SMILES string of the molecule is CC(=O)Cc1c(F)ccc(C)c1Cl. The Morgan fingerprint density at radius 2 is 2.15 bits per heavy atom. The van der Waals surface area contributed by atoms with E-state index < -0.39 is 5.82 Å². The van der Waals surface area contributed by atoms with Crippen LogP contribution in [0.1, 0.15) is 18.1 Å². The predicted octanol–water partition coefficient (Wildman–Crippen LogP) is 2.92. The topological polar surface area (TPSA) is 17.1 Å². The molecule has 0 bridgehead atoms. The molecule has 1 aromatic carbocycles. The average Bonchev–Trinajstić information content (AvgIpc) is 2.05. The van der Waals surface area contributed by atoms with E-state index in [9.17, 15) is 9.18 Å². The fourth-order valence-electron chi connectivity index (χ4n) is 1.13. The van der Waals surface area contributed by atoms with Gasteiger partial charge in [-0.2, -0.15) is 0 Å². The molecular weight excluding hydrogens is 191 g/mol. The van der Waals surface area contributed by atoms with Crippen LogP contribution in [0.15, 0.2) is 12.1 Å². The minimum Gasteiger partial charge on any atom is -0.300 e. The zero-order valence-corrected chi connectivity index (χ0v) is 8.28. The summed E-state index contributed by atoms with van der Waals surface area (Å²) in [7, 11) is 0. The van der Waals surface area contributed by atoms with E-state index in [0.29, 0.717) is 10.6 Å². The van der Waals surface area contributed by atoms with E-state index >= 15 is 0 Å². The Bertz CT molecular complexity index is 347. The van der Waals surface area contributed by atoms with Gasteiger partial charge in [0, 0.05) is 12.0 Å². The molecule has 0 spiro atoms. The quantitative estimate of drug-likeness (QED) is 0.718. The third kappa shape index (κ3) is 2.28. The van der Waals surface area contributed by atoms with Crippen molar-refractivity contribution in [3.8, 4) is 0 Å². The molecule has 3 heteroatoms. The van der Waals surface area contributed by atoms with Gasteiger partial charge < -0.3 is 0 Å². The number of Topliss-reactive ketones (excluding diaryl/α,β-unsaturated/α-hetero) is 1. The third-order valence-electron chi connectivity index (χ3n) is 1.80. The lowest BCUT2D eigenvalue weighted by Crippen LogP contribution is -2.01. The highest BCUT2D eigenvalue weighted by Gasteiger charge is 2.10. The maximum Gasteiger partial charge on any atom is 0.134 e. The summed E-state index contributed by atoms with van der Waals surface area (Å²) in [5.41, 5.74) is 1.09. The van der Waals surface area contributed by atoms with Gasteiger partial charge in [-0.1, -0.05) is 17.7 Å². The smallest absolute Gasteiger partial charge is 0.134 e. The van der Waals surface area contributed by atoms with E-state index in [1.165, 1.54) is 13.0 Å². The summed E-state index contributed by atoms with van der Waals surface area (Å²) in [6.07, 6.45) is 0.0619. The van der Waals surface area contributed by atoms with Crippen LogP contribution in [0.3, 0.4) is 0 Å². The molecule has 1 aromatic rings. The van der Waals surface area contributed by atoms with Crippen LogP contribution in [0, 0.1) is 12.7 Å². The van der Waals surface area contributed by atoms with Crippen molar-refractivity contribution in [2.45, 2.75) is 20.3 Å². The summed E-state index contributed by atoms with van der Waals surface area (Å²) >= 11 is 5.85. The van der Waals surface area contributed by atoms with Gasteiger partial charge in [-0.15, -0.1) is 0 Å². The average molecular weight is 201 g/mol. The molecule has 0 aromatic heterocycles. The van der Waals surface area contributed by atoms with Gasteiger partial charge in [0.15, 0.2) is 0 Å². The first kappa shape index (κ1) is 10.2. The molecule has 0 amide bonds. The largest absolute Gasteiger partial charge is 0.300 e. The number of halogens is 2. The fourth-order valence-corrected chi connectivity index (χ4v) is 1.35. The van der Waals surface area contributed by atoms with Crippen LogP contribution in [-0.2, 0) is 11.2 Å². The molecule has 0 saturated heterocycles. The van der Waals surface area contributed by atoms with Crippen molar-refractivity contribution < 1.29 is 9.18 Å². The van der Waals surface area contributed by atoms with Crippen molar-refractivity contribution in [3.63, 3.8) is 0 Å². The number of benzene rings is 1. The lowest BCUT2D eigenvalue weighted by Gasteiger charge is -2.05. The molecule has 1 nitrogen and oxygen atoms in total. The summed E-state index contributed by atoms with van der Waals surface area (Å²) in [6.45, 7) is 3.20. The summed E-state index contributed by atoms with van der Waals surface area (Å²) in [5.74, 6) is -0.503. The van der Waals surface area contributed by atoms with Crippen molar-refractivity contribution in [1.29, 1.82) is 0 Å². The van der Waals surface area contributed by atoms with Crippen LogP contribution in [0.5, 0.6) is 0 Å². The molecule has 0 aliphatic rings. The molecule has 0 saturated carbocycles. The normalized spacial score (nSPS) is 10.2. The first-order chi connectivity index (χ1) is 6.02. The molecule has 0 aliphatic carbocycles. The molecule has 0 fully saturated rings. The van der Waals surface area contributed by atoms with Gasteiger partial charge in [0.1, 0.15) is 11.6 Å². The van der Waals surface area contributed by atoms with Crippen LogP contribution < -0.4 is 0 Å². The van der Waals surface area contributed by atoms with Gasteiger partial charge in [-0.25, -0.2) is 4.39 Å². The Labute approximate surface area is 81.5 Å². The second-order valence-electron chi connectivity index (χ2n) is 3.04. The van der Waals surface area contributed by atoms with E-state index in [0.717, 1.165) is 5.56 Å². The van der Waals surface area contributed by atoms with Crippen LogP contribution in [0.4, 0.5) is 4.39 Å². The Morgan fingerprint density at radius 3 is 2.69 bits per heavy atom. The van der Waals surface area contributed by atoms with Crippen LogP contribution in [-0.4, -0.2) is 5.78 Å². The zero-order valence-electron chi connectivity index (χ0n) is 7.53. The number of hydrogen-bond donors (Lipinski definition) is 0. The van der Waals surface area contributed by atoms with Gasteiger partial charge in [0.05, 0.1) is 5.02 Å². The van der Waals surface area contributed by atoms with Crippen LogP contribution in [0.2, 0.25) is 5.02 Å². The number of hydrogen-bond acceptors (Lipinski definition) is 1. The lowest BCUT2D eigenvalue weighted by atomic mass is 10.1. The van der Waals surface area contributed by atoms with E-state index in [4.69, 9.17) is 11.6 Å². The molecular formula is C10H10ClFO. The molecule has 1 rings (SSSR count). The molecule has 13 heavy (non-hydrogen) atoms. The molecule has 0 unspecified atom stereocenters. The van der Waals surface area contributed by atoms with E-state index in [2.05, 4.69) is 0 Å². The molecule has 70 valence electrons. The number of aryl methyl sites for hydroxylation is 1. The van der Waals surface area contributed by atoms with E-state index in [-0.39, 0.29) is 12.2 Å². The molecule has 0 N–H and O–H groups in total. The minimum atomic E-state index is -0.411. The summed E-state index contributed by atoms with van der Waals surface area (Å²) in [4.78, 5) is 10.8. The van der Waals surface area contributed by atoms with Crippen molar-refractivity contribution in [2.75, 3.05) is 0 Å². The van der Waals surface area contributed by atoms with Gasteiger partial charge >= 0.3 is 0 Å². The number of ketones is 1. The second-order valence-corrected chi connectivity index (χ2v) is 3.41. The highest BCUT2D eigenvalue weighted by Crippen LogP contribution is 2.23. The predicted molar refractivity (Wildman–Crippen MR) is 50.5 cm³/mol. The highest BCUT2D eigenvalue weighted by atomic mass is 35.5. The first-order valence-electron chi connectivity index (χ1n) is 3.95. The lowest BCUT2D eigenvalue weighted by molar-refractivity contribution is -0.116. The molecule has 0 atom stereocenters. The Balaban J connectivity index is 3.17. The Morgan fingerprint density at radius 1 is 1.54 bits per heavy atom. The number of carbonyl (C=O) groups excluding carboxylic acids is 1. The van der Waals surface area contributed by atoms with Gasteiger partial charge in [-0.05, 0) is 25.5 Å². The van der Waals surface area contributed by atoms with Crippen LogP contribution >= 0.6 is 11.6 Å². The highest BCUT2D eigenvalue weighted by molar-refractivity contribution is 6.32. The second kappa shape index (κ2) is 3.88. The van der Waals surface area contributed by atoms with Crippen molar-refractivity contribution in [2.24, 2.45) is 0 Å². The van der Waals surface area contributed by atoms with Crippen molar-refractivity contribution >= 4 is 17.4 Å². The maximum atomic E-state index is 13.2. The van der Waals surface area contributed by atoms with E-state index in [1.807, 2.05) is 0 Å². The van der Waals surface area contributed by atoms with Crippen LogP contribution in [0.25, 0.3) is 0 Å². The third-order valence-corrected chi connectivity index (χ3v) is 2.33. The standard InChI is InChI=1S/C10H10ClFO/c1-6-3-4-9(12)8(10(6)11)5-7(2)13/h3-4H,5H2,1-2H3. The maximum absolute atomic E-state index is 13.2. The van der Waals surface area contributed by atoms with Crippen molar-refractivity contribution in [3.05, 3.63) is 34.1 Å².